The number of imidazole rings is 2. The number of nitrogens with one attached hydrogen (secondary N) is 2. The van der Waals surface area contributed by atoms with Crippen molar-refractivity contribution in [2.75, 3.05) is 18.0 Å². The first-order valence-electron chi connectivity index (χ1n) is 16.1. The summed E-state index contributed by atoms with van der Waals surface area (Å²) < 4.78 is 36.6. The lowest BCUT2D eigenvalue weighted by atomic mass is 9.96. The normalized spacial score (nSPS) is 18.9. The van der Waals surface area contributed by atoms with Crippen LogP contribution >= 0.6 is 0 Å². The number of halogens is 2. The first-order chi connectivity index (χ1) is 21.6. The number of aromatic nitrogens is 4. The molecular formula is C35H40F2N6O2. The van der Waals surface area contributed by atoms with E-state index in [1.165, 1.54) is 25.0 Å². The molecule has 1 aliphatic carbocycles. The van der Waals surface area contributed by atoms with E-state index in [-0.39, 0.29) is 17.8 Å². The van der Waals surface area contributed by atoms with Crippen molar-refractivity contribution in [2.24, 2.45) is 0 Å². The molecule has 2 fully saturated rings. The second-order valence-corrected chi connectivity index (χ2v) is 13.6. The summed E-state index contributed by atoms with van der Waals surface area (Å²) in [6.07, 6.45) is 10.1. The molecule has 0 radical (unpaired) electrons. The average molecular weight is 615 g/mol. The van der Waals surface area contributed by atoms with Crippen molar-refractivity contribution in [3.05, 3.63) is 77.1 Å². The van der Waals surface area contributed by atoms with Gasteiger partial charge in [0, 0.05) is 31.1 Å². The molecule has 0 spiro atoms. The van der Waals surface area contributed by atoms with Crippen LogP contribution < -0.4 is 4.90 Å². The minimum atomic E-state index is -0.570. The van der Waals surface area contributed by atoms with Crippen LogP contribution in [0, 0.1) is 11.6 Å². The van der Waals surface area contributed by atoms with E-state index in [4.69, 9.17) is 4.74 Å². The largest absolute Gasteiger partial charge is 0.444 e. The summed E-state index contributed by atoms with van der Waals surface area (Å²) in [4.78, 5) is 32.2. The molecule has 45 heavy (non-hydrogen) atoms. The van der Waals surface area contributed by atoms with E-state index in [1.807, 2.05) is 32.9 Å². The van der Waals surface area contributed by atoms with Crippen LogP contribution in [-0.2, 0) is 17.7 Å². The Morgan fingerprint density at radius 3 is 2.29 bits per heavy atom. The number of carbonyl (C=O) groups is 1. The van der Waals surface area contributed by atoms with Gasteiger partial charge in [0.05, 0.1) is 29.8 Å². The summed E-state index contributed by atoms with van der Waals surface area (Å²) in [6, 6.07) is 8.83. The van der Waals surface area contributed by atoms with E-state index in [0.717, 1.165) is 59.7 Å². The Kier molecular flexibility index (Phi) is 7.61. The smallest absolute Gasteiger partial charge is 0.410 e. The van der Waals surface area contributed by atoms with E-state index >= 15 is 8.78 Å². The monoisotopic (exact) mass is 614 g/mol. The summed E-state index contributed by atoms with van der Waals surface area (Å²) in [6.45, 7) is 7.16. The second kappa shape index (κ2) is 11.6. The van der Waals surface area contributed by atoms with Gasteiger partial charge in [0.15, 0.2) is 0 Å². The summed E-state index contributed by atoms with van der Waals surface area (Å²) in [7, 11) is 0. The Hall–Kier alpha value is -4.21. The lowest BCUT2D eigenvalue weighted by molar-refractivity contribution is 0.0218. The van der Waals surface area contributed by atoms with E-state index in [2.05, 4.69) is 26.0 Å². The molecule has 1 amide bonds. The maximum atomic E-state index is 15.5. The first kappa shape index (κ1) is 29.5. The van der Waals surface area contributed by atoms with Gasteiger partial charge < -0.3 is 19.6 Å². The number of hydrogen-bond acceptors (Lipinski definition) is 5. The fourth-order valence-corrected chi connectivity index (χ4v) is 7.07. The number of anilines is 1. The van der Waals surface area contributed by atoms with Crippen LogP contribution in [0.4, 0.5) is 19.3 Å². The third-order valence-corrected chi connectivity index (χ3v) is 9.30. The van der Waals surface area contributed by atoms with E-state index in [0.29, 0.717) is 43.2 Å². The highest BCUT2D eigenvalue weighted by molar-refractivity contribution is 5.69. The highest BCUT2D eigenvalue weighted by Crippen LogP contribution is 2.37. The molecule has 10 heteroatoms. The summed E-state index contributed by atoms with van der Waals surface area (Å²) in [5, 5.41) is 0. The Morgan fingerprint density at radius 1 is 0.867 bits per heavy atom. The van der Waals surface area contributed by atoms with Gasteiger partial charge in [-0.3, -0.25) is 4.90 Å². The molecule has 236 valence electrons. The molecule has 0 bridgehead atoms. The van der Waals surface area contributed by atoms with Crippen molar-refractivity contribution in [1.29, 1.82) is 0 Å². The number of likely N-dealkylation sites (tertiary alicyclic amines) is 1. The Labute approximate surface area is 262 Å². The molecule has 3 aliphatic rings. The molecule has 2 aromatic heterocycles. The van der Waals surface area contributed by atoms with Gasteiger partial charge >= 0.3 is 6.09 Å². The Morgan fingerprint density at radius 2 is 1.56 bits per heavy atom. The predicted octanol–water partition coefficient (Wildman–Crippen LogP) is 8.04. The van der Waals surface area contributed by atoms with Crippen molar-refractivity contribution < 1.29 is 18.3 Å². The lowest BCUT2D eigenvalue weighted by Crippen LogP contribution is -2.36. The zero-order valence-corrected chi connectivity index (χ0v) is 26.1. The fourth-order valence-electron chi connectivity index (χ4n) is 7.07. The molecule has 2 N–H and O–H groups in total. The van der Waals surface area contributed by atoms with Crippen molar-refractivity contribution in [1.82, 2.24) is 24.8 Å². The number of H-pyrrole nitrogens is 2. The van der Waals surface area contributed by atoms with Crippen LogP contribution in [0.2, 0.25) is 0 Å². The fraction of sp³-hybridized carbons (Fsp3) is 0.457. The molecule has 2 aromatic carbocycles. The number of amides is 1. The number of rotatable bonds is 5. The maximum absolute atomic E-state index is 15.5. The average Bonchev–Trinajstić information content (AvgIpc) is 3.82. The zero-order chi connectivity index (χ0) is 31.3. The van der Waals surface area contributed by atoms with Crippen LogP contribution in [0.5, 0.6) is 0 Å². The van der Waals surface area contributed by atoms with Crippen molar-refractivity contribution in [2.45, 2.75) is 89.8 Å². The number of ether oxygens (including phenoxy) is 1. The topological polar surface area (TPSA) is 90.1 Å². The third-order valence-electron chi connectivity index (χ3n) is 9.30. The number of fused-ring (bicyclic) bond motifs is 1. The predicted molar refractivity (Wildman–Crippen MR) is 169 cm³/mol. The van der Waals surface area contributed by atoms with Crippen LogP contribution in [0.1, 0.15) is 94.0 Å². The van der Waals surface area contributed by atoms with Crippen LogP contribution in [0.15, 0.2) is 42.7 Å². The van der Waals surface area contributed by atoms with Crippen molar-refractivity contribution in [3.8, 4) is 22.5 Å². The zero-order valence-electron chi connectivity index (χ0n) is 26.1. The molecule has 0 unspecified atom stereocenters. The van der Waals surface area contributed by atoms with Crippen LogP contribution in [-0.4, -0.2) is 49.6 Å². The molecule has 1 atom stereocenters. The van der Waals surface area contributed by atoms with Gasteiger partial charge in [-0.15, -0.1) is 0 Å². The summed E-state index contributed by atoms with van der Waals surface area (Å²) in [5.41, 5.74) is 4.60. The number of aromatic amines is 2. The molecule has 4 heterocycles. The van der Waals surface area contributed by atoms with E-state index in [9.17, 15) is 4.79 Å². The minimum Gasteiger partial charge on any atom is -0.444 e. The van der Waals surface area contributed by atoms with E-state index in [1.54, 1.807) is 22.2 Å². The second-order valence-electron chi connectivity index (χ2n) is 13.6. The van der Waals surface area contributed by atoms with Crippen LogP contribution in [0.25, 0.3) is 22.5 Å². The molecule has 2 aliphatic heterocycles. The van der Waals surface area contributed by atoms with Gasteiger partial charge in [0.1, 0.15) is 34.6 Å². The Bertz CT molecular complexity index is 1690. The number of carbonyl (C=O) groups excluding carboxylic acids is 1. The van der Waals surface area contributed by atoms with Gasteiger partial charge in [-0.2, -0.15) is 0 Å². The molecule has 8 nitrogen and oxygen atoms in total. The maximum Gasteiger partial charge on any atom is 0.410 e. The van der Waals surface area contributed by atoms with Crippen molar-refractivity contribution >= 4 is 11.8 Å². The van der Waals surface area contributed by atoms with Gasteiger partial charge in [0.25, 0.3) is 0 Å². The summed E-state index contributed by atoms with van der Waals surface area (Å²) >= 11 is 0. The standard InChI is InChI=1S/C35H40F2N6O2/c1-35(2,3)45-34(44)43-13-6-9-30(43)33-39-18-28(41-33)23-10-11-24-20-42(14-12-22(24)15-23)31-26(36)16-25(17-27(31)37)29-19-38-32(40-29)21-7-4-5-8-21/h10-11,15-19,21,30H,4-9,12-14,20H2,1-3H3,(H,38,40)(H,39,41)/t30-/m0/s1. The number of nitrogens with zero attached hydrogens (tertiary/aromatic N) is 4. The minimum absolute atomic E-state index is 0.00771. The van der Waals surface area contributed by atoms with Gasteiger partial charge in [0.2, 0.25) is 0 Å². The SMILES string of the molecule is CC(C)(C)OC(=O)N1CCC[C@H]1c1ncc(-c2ccc3c(c2)CCN(c2c(F)cc(-c4cnc(C5CCCC5)[nH]4)cc2F)C3)[nH]1. The first-order valence-corrected chi connectivity index (χ1v) is 16.1. The van der Waals surface area contributed by atoms with Gasteiger partial charge in [-0.25, -0.2) is 23.5 Å². The van der Waals surface area contributed by atoms with E-state index < -0.39 is 17.2 Å². The highest BCUT2D eigenvalue weighted by atomic mass is 19.1. The number of hydrogen-bond donors (Lipinski definition) is 2. The van der Waals surface area contributed by atoms with Crippen molar-refractivity contribution in [3.63, 3.8) is 0 Å². The van der Waals surface area contributed by atoms with Gasteiger partial charge in [-0.1, -0.05) is 25.0 Å². The van der Waals surface area contributed by atoms with Gasteiger partial charge in [-0.05, 0) is 87.8 Å². The molecular weight excluding hydrogens is 574 g/mol. The quantitative estimate of drug-likeness (QED) is 0.238. The van der Waals surface area contributed by atoms with Crippen LogP contribution in [0.3, 0.4) is 0 Å². The summed E-state index contributed by atoms with van der Waals surface area (Å²) in [5.74, 6) is 0.918. The Balaban J connectivity index is 1.06. The molecule has 1 saturated carbocycles. The molecule has 4 aromatic rings. The number of benzene rings is 2. The lowest BCUT2D eigenvalue weighted by Gasteiger charge is -2.31. The molecule has 7 rings (SSSR count). The third kappa shape index (κ3) is 5.94. The highest BCUT2D eigenvalue weighted by Gasteiger charge is 2.35. The molecule has 1 saturated heterocycles.